The molecule has 1 atom stereocenters. The van der Waals surface area contributed by atoms with E-state index < -0.39 is 45.7 Å². The predicted molar refractivity (Wildman–Crippen MR) is 91.5 cm³/mol. The molecule has 2 aromatic carbocycles. The van der Waals surface area contributed by atoms with Crippen LogP contribution < -0.4 is 5.43 Å². The van der Waals surface area contributed by atoms with Crippen LogP contribution in [-0.2, 0) is 0 Å². The number of hydrogen-bond donors (Lipinski definition) is 6. The number of aromatic hydroxyl groups is 5. The first kappa shape index (κ1) is 17.4. The van der Waals surface area contributed by atoms with E-state index in [1.807, 2.05) is 0 Å². The molecule has 136 valence electrons. The SMILES string of the molecule is CCC(O)c1c(O)cc2oc(-c3ccc(O)c(O)c3)c(O)c(=O)c2c1O. The van der Waals surface area contributed by atoms with E-state index in [-0.39, 0.29) is 28.9 Å². The fraction of sp³-hybridized carbons (Fsp3) is 0.167. The Labute approximate surface area is 146 Å². The molecule has 0 saturated heterocycles. The number of phenols is 4. The third-order valence-electron chi connectivity index (χ3n) is 4.11. The number of rotatable bonds is 3. The first-order valence-electron chi connectivity index (χ1n) is 7.71. The molecular formula is C18H16O8. The minimum atomic E-state index is -1.21. The number of benzene rings is 2. The summed E-state index contributed by atoms with van der Waals surface area (Å²) in [5.74, 6) is -3.20. The van der Waals surface area contributed by atoms with Crippen LogP contribution in [0.2, 0.25) is 0 Å². The lowest BCUT2D eigenvalue weighted by Gasteiger charge is -2.15. The summed E-state index contributed by atoms with van der Waals surface area (Å²) in [6.07, 6.45) is -1.04. The summed E-state index contributed by atoms with van der Waals surface area (Å²) in [6.45, 7) is 1.62. The Kier molecular flexibility index (Phi) is 4.13. The Hall–Kier alpha value is -3.39. The van der Waals surface area contributed by atoms with Gasteiger partial charge in [-0.2, -0.15) is 0 Å². The van der Waals surface area contributed by atoms with Crippen molar-refractivity contribution in [3.63, 3.8) is 0 Å². The van der Waals surface area contributed by atoms with Crippen LogP contribution in [0.5, 0.6) is 28.7 Å². The van der Waals surface area contributed by atoms with Crippen molar-refractivity contribution in [1.82, 2.24) is 0 Å². The molecule has 0 aliphatic heterocycles. The molecule has 0 aliphatic rings. The third kappa shape index (κ3) is 2.56. The molecule has 0 spiro atoms. The molecular weight excluding hydrogens is 344 g/mol. The summed E-state index contributed by atoms with van der Waals surface area (Å²) < 4.78 is 5.44. The first-order valence-corrected chi connectivity index (χ1v) is 7.71. The molecule has 3 aromatic rings. The summed E-state index contributed by atoms with van der Waals surface area (Å²) in [4.78, 5) is 12.5. The number of aliphatic hydroxyl groups is 1. The highest BCUT2D eigenvalue weighted by atomic mass is 16.4. The number of phenolic OH excluding ortho intramolecular Hbond substituents is 4. The van der Waals surface area contributed by atoms with Crippen LogP contribution in [0.1, 0.15) is 25.0 Å². The van der Waals surface area contributed by atoms with Crippen molar-refractivity contribution in [2.45, 2.75) is 19.4 Å². The molecule has 1 unspecified atom stereocenters. The van der Waals surface area contributed by atoms with E-state index in [4.69, 9.17) is 4.42 Å². The maximum absolute atomic E-state index is 12.5. The minimum Gasteiger partial charge on any atom is -0.507 e. The quantitative estimate of drug-likeness (QED) is 0.390. The summed E-state index contributed by atoms with van der Waals surface area (Å²) in [7, 11) is 0. The second-order valence-corrected chi connectivity index (χ2v) is 5.77. The van der Waals surface area contributed by atoms with Crippen molar-refractivity contribution in [3.05, 3.63) is 40.1 Å². The highest BCUT2D eigenvalue weighted by Crippen LogP contribution is 2.42. The van der Waals surface area contributed by atoms with Gasteiger partial charge in [0.05, 0.1) is 11.7 Å². The Morgan fingerprint density at radius 3 is 2.27 bits per heavy atom. The van der Waals surface area contributed by atoms with Crippen LogP contribution in [0.4, 0.5) is 0 Å². The van der Waals surface area contributed by atoms with Gasteiger partial charge >= 0.3 is 0 Å². The molecule has 0 radical (unpaired) electrons. The zero-order valence-corrected chi connectivity index (χ0v) is 13.6. The summed E-state index contributed by atoms with van der Waals surface area (Å²) >= 11 is 0. The molecule has 0 amide bonds. The molecule has 8 nitrogen and oxygen atoms in total. The van der Waals surface area contributed by atoms with Gasteiger partial charge in [-0.25, -0.2) is 0 Å². The van der Waals surface area contributed by atoms with E-state index in [1.54, 1.807) is 6.92 Å². The van der Waals surface area contributed by atoms with Crippen LogP contribution >= 0.6 is 0 Å². The zero-order valence-electron chi connectivity index (χ0n) is 13.6. The second kappa shape index (κ2) is 6.16. The van der Waals surface area contributed by atoms with Crippen LogP contribution in [0.3, 0.4) is 0 Å². The molecule has 3 rings (SSSR count). The smallest absolute Gasteiger partial charge is 0.238 e. The number of hydrogen-bond acceptors (Lipinski definition) is 8. The largest absolute Gasteiger partial charge is 0.507 e. The van der Waals surface area contributed by atoms with E-state index in [1.165, 1.54) is 6.07 Å². The standard InChI is InChI=1S/C18H16O8/c1-2-8(19)13-11(22)6-12-14(15(13)23)16(24)17(25)18(26-12)7-3-4-9(20)10(21)5-7/h3-6,8,19-23,25H,2H2,1H3. The van der Waals surface area contributed by atoms with Crippen molar-refractivity contribution in [2.75, 3.05) is 0 Å². The molecule has 0 bridgehead atoms. The fourth-order valence-electron chi connectivity index (χ4n) is 2.72. The van der Waals surface area contributed by atoms with Crippen molar-refractivity contribution in [3.8, 4) is 40.1 Å². The van der Waals surface area contributed by atoms with Gasteiger partial charge in [-0.15, -0.1) is 0 Å². The Balaban J connectivity index is 2.35. The fourth-order valence-corrected chi connectivity index (χ4v) is 2.72. The van der Waals surface area contributed by atoms with E-state index in [2.05, 4.69) is 0 Å². The Bertz CT molecular complexity index is 1070. The average molecular weight is 360 g/mol. The first-order chi connectivity index (χ1) is 12.3. The Morgan fingerprint density at radius 2 is 1.65 bits per heavy atom. The van der Waals surface area contributed by atoms with Gasteiger partial charge in [0.2, 0.25) is 11.2 Å². The van der Waals surface area contributed by atoms with Crippen LogP contribution in [-0.4, -0.2) is 30.6 Å². The normalized spacial score (nSPS) is 12.4. The van der Waals surface area contributed by atoms with E-state index in [0.29, 0.717) is 0 Å². The monoisotopic (exact) mass is 360 g/mol. The third-order valence-corrected chi connectivity index (χ3v) is 4.11. The van der Waals surface area contributed by atoms with Crippen LogP contribution in [0.25, 0.3) is 22.3 Å². The van der Waals surface area contributed by atoms with Crippen molar-refractivity contribution in [1.29, 1.82) is 0 Å². The van der Waals surface area contributed by atoms with E-state index in [0.717, 1.165) is 18.2 Å². The molecule has 1 heterocycles. The van der Waals surface area contributed by atoms with Gasteiger partial charge < -0.3 is 35.1 Å². The average Bonchev–Trinajstić information content (AvgIpc) is 2.59. The van der Waals surface area contributed by atoms with Gasteiger partial charge in [0.1, 0.15) is 22.5 Å². The van der Waals surface area contributed by atoms with Crippen molar-refractivity contribution < 1.29 is 35.1 Å². The van der Waals surface area contributed by atoms with Crippen LogP contribution in [0, 0.1) is 0 Å². The summed E-state index contributed by atoms with van der Waals surface area (Å²) in [5.41, 5.74) is -1.34. The maximum Gasteiger partial charge on any atom is 0.238 e. The summed E-state index contributed by atoms with van der Waals surface area (Å²) in [6, 6.07) is 4.57. The van der Waals surface area contributed by atoms with Gasteiger partial charge in [-0.1, -0.05) is 6.92 Å². The number of fused-ring (bicyclic) bond motifs is 1. The van der Waals surface area contributed by atoms with Gasteiger partial charge in [0.25, 0.3) is 0 Å². The van der Waals surface area contributed by atoms with Gasteiger partial charge in [0, 0.05) is 11.6 Å². The predicted octanol–water partition coefficient (Wildman–Crippen LogP) is 2.43. The lowest BCUT2D eigenvalue weighted by Crippen LogP contribution is -2.06. The highest BCUT2D eigenvalue weighted by Gasteiger charge is 2.25. The second-order valence-electron chi connectivity index (χ2n) is 5.77. The Morgan fingerprint density at radius 1 is 0.962 bits per heavy atom. The number of aliphatic hydroxyl groups excluding tert-OH is 1. The molecule has 1 aromatic heterocycles. The zero-order chi connectivity index (χ0) is 19.2. The van der Waals surface area contributed by atoms with Gasteiger partial charge in [-0.3, -0.25) is 4.79 Å². The molecule has 0 fully saturated rings. The van der Waals surface area contributed by atoms with Gasteiger partial charge in [-0.05, 0) is 24.6 Å². The van der Waals surface area contributed by atoms with E-state index in [9.17, 15) is 35.4 Å². The molecule has 0 aliphatic carbocycles. The highest BCUT2D eigenvalue weighted by molar-refractivity contribution is 5.90. The lowest BCUT2D eigenvalue weighted by molar-refractivity contribution is 0.166. The summed E-state index contributed by atoms with van der Waals surface area (Å²) in [5, 5.41) is 59.1. The van der Waals surface area contributed by atoms with E-state index >= 15 is 0 Å². The van der Waals surface area contributed by atoms with Crippen molar-refractivity contribution >= 4 is 11.0 Å². The lowest BCUT2D eigenvalue weighted by atomic mass is 10.0. The topological polar surface area (TPSA) is 152 Å². The maximum atomic E-state index is 12.5. The van der Waals surface area contributed by atoms with Crippen molar-refractivity contribution in [2.24, 2.45) is 0 Å². The van der Waals surface area contributed by atoms with Gasteiger partial charge in [0.15, 0.2) is 17.3 Å². The minimum absolute atomic E-state index is 0.0912. The molecule has 6 N–H and O–H groups in total. The molecule has 8 heteroatoms. The van der Waals surface area contributed by atoms with Crippen LogP contribution in [0.15, 0.2) is 33.5 Å². The molecule has 0 saturated carbocycles. The molecule has 26 heavy (non-hydrogen) atoms.